The summed E-state index contributed by atoms with van der Waals surface area (Å²) in [6.45, 7) is 0.654. The van der Waals surface area contributed by atoms with Gasteiger partial charge in [-0.1, -0.05) is 68.3 Å². The van der Waals surface area contributed by atoms with Gasteiger partial charge < -0.3 is 10.2 Å². The van der Waals surface area contributed by atoms with Gasteiger partial charge in [-0.15, -0.1) is 0 Å². The van der Waals surface area contributed by atoms with Gasteiger partial charge in [-0.2, -0.15) is 0 Å². The topological polar surface area (TPSA) is 32.3 Å². The van der Waals surface area contributed by atoms with Crippen molar-refractivity contribution >= 4 is 49.2 Å². The number of halogens is 2. The monoisotopic (exact) mass is 510 g/mol. The minimum Gasteiger partial charge on any atom is -0.379 e. The maximum atomic E-state index is 13.2. The van der Waals surface area contributed by atoms with Gasteiger partial charge in [0, 0.05) is 38.5 Å². The van der Waals surface area contributed by atoms with Gasteiger partial charge in [0.05, 0.1) is 0 Å². The summed E-state index contributed by atoms with van der Waals surface area (Å²) in [5.74, 6) is 0.0284. The van der Waals surface area contributed by atoms with Crippen molar-refractivity contribution < 1.29 is 4.79 Å². The average Bonchev–Trinajstić information content (AvgIpc) is 2.74. The second kappa shape index (κ2) is 8.97. The molecule has 4 rings (SSSR count). The van der Waals surface area contributed by atoms with Crippen molar-refractivity contribution in [2.75, 3.05) is 11.9 Å². The third-order valence-corrected chi connectivity index (χ3v) is 5.92. The first-order valence-electron chi connectivity index (χ1n) is 9.47. The molecular weight excluding hydrogens is 492 g/mol. The number of benzene rings is 3. The number of hydrogen-bond acceptors (Lipinski definition) is 2. The van der Waals surface area contributed by atoms with E-state index in [1.54, 1.807) is 0 Å². The van der Waals surface area contributed by atoms with Crippen molar-refractivity contribution in [2.45, 2.75) is 12.5 Å². The Balaban J connectivity index is 1.67. The molecule has 3 nitrogen and oxygen atoms in total. The Kier molecular flexibility index (Phi) is 6.16. The van der Waals surface area contributed by atoms with Crippen LogP contribution in [-0.2, 0) is 0 Å². The molecule has 1 atom stereocenters. The van der Waals surface area contributed by atoms with E-state index in [0.29, 0.717) is 12.1 Å². The van der Waals surface area contributed by atoms with Gasteiger partial charge in [0.25, 0.3) is 5.91 Å². The number of rotatable bonds is 4. The second-order valence-corrected chi connectivity index (χ2v) is 8.76. The molecule has 0 saturated heterocycles. The molecule has 0 saturated carbocycles. The highest BCUT2D eigenvalue weighted by Gasteiger charge is 2.26. The van der Waals surface area contributed by atoms with E-state index in [1.807, 2.05) is 71.6 Å². The predicted molar refractivity (Wildman–Crippen MR) is 126 cm³/mol. The molecule has 1 N–H and O–H groups in total. The van der Waals surface area contributed by atoms with Crippen LogP contribution in [0.1, 0.15) is 22.3 Å². The molecule has 0 aliphatic carbocycles. The van der Waals surface area contributed by atoms with Crippen molar-refractivity contribution in [2.24, 2.45) is 0 Å². The van der Waals surface area contributed by atoms with Crippen molar-refractivity contribution in [3.05, 3.63) is 105 Å². The van der Waals surface area contributed by atoms with E-state index in [4.69, 9.17) is 0 Å². The molecule has 0 bridgehead atoms. The number of amides is 1. The van der Waals surface area contributed by atoms with Gasteiger partial charge in [-0.25, -0.2) is 0 Å². The minimum absolute atomic E-state index is 0.0284. The third-order valence-electron chi connectivity index (χ3n) is 4.90. The quantitative estimate of drug-likeness (QED) is 0.429. The van der Waals surface area contributed by atoms with Crippen molar-refractivity contribution in [3.8, 4) is 0 Å². The first-order chi connectivity index (χ1) is 14.1. The molecule has 146 valence electrons. The lowest BCUT2D eigenvalue weighted by molar-refractivity contribution is 0.0829. The highest BCUT2D eigenvalue weighted by atomic mass is 79.9. The zero-order valence-corrected chi connectivity index (χ0v) is 18.9. The molecule has 1 amide bonds. The third kappa shape index (κ3) is 4.80. The Morgan fingerprint density at radius 2 is 1.66 bits per heavy atom. The maximum Gasteiger partial charge on any atom is 0.258 e. The molecule has 1 aliphatic rings. The van der Waals surface area contributed by atoms with Crippen LogP contribution in [-0.4, -0.2) is 23.4 Å². The number of carbonyl (C=O) groups excluding carboxylic acids is 1. The summed E-state index contributed by atoms with van der Waals surface area (Å²) in [6.07, 6.45) is 3.00. The van der Waals surface area contributed by atoms with Crippen molar-refractivity contribution in [3.63, 3.8) is 0 Å². The lowest BCUT2D eigenvalue weighted by atomic mass is 10.00. The zero-order valence-electron chi connectivity index (χ0n) is 15.7. The normalized spacial score (nSPS) is 16.3. The molecule has 3 aromatic carbocycles. The number of nitrogens with zero attached hydrogens (tertiary/aromatic N) is 1. The van der Waals surface area contributed by atoms with E-state index in [9.17, 15) is 4.79 Å². The van der Waals surface area contributed by atoms with Crippen molar-refractivity contribution in [1.29, 1.82) is 0 Å². The highest BCUT2D eigenvalue weighted by molar-refractivity contribution is 9.10. The molecule has 5 heteroatoms. The molecule has 1 unspecified atom stereocenters. The molecule has 0 radical (unpaired) electrons. The van der Waals surface area contributed by atoms with Crippen LogP contribution in [0.5, 0.6) is 0 Å². The number of nitrogens with one attached hydrogen (secondary N) is 1. The van der Waals surface area contributed by atoms with E-state index in [1.165, 1.54) is 0 Å². The summed E-state index contributed by atoms with van der Waals surface area (Å²) in [7, 11) is 0. The van der Waals surface area contributed by atoms with Gasteiger partial charge in [-0.05, 0) is 60.5 Å². The van der Waals surface area contributed by atoms with Crippen LogP contribution in [0, 0.1) is 0 Å². The number of anilines is 1. The summed E-state index contributed by atoms with van der Waals surface area (Å²) in [6, 6.07) is 25.9. The lowest BCUT2D eigenvalue weighted by Crippen LogP contribution is -2.38. The summed E-state index contributed by atoms with van der Waals surface area (Å²) in [4.78, 5) is 15.1. The van der Waals surface area contributed by atoms with Crippen LogP contribution in [0.2, 0.25) is 0 Å². The van der Waals surface area contributed by atoms with Gasteiger partial charge in [-0.3, -0.25) is 4.79 Å². The van der Waals surface area contributed by atoms with E-state index in [-0.39, 0.29) is 11.9 Å². The molecule has 3 aromatic rings. The average molecular weight is 512 g/mol. The van der Waals surface area contributed by atoms with Crippen LogP contribution in [0.4, 0.5) is 5.69 Å². The Morgan fingerprint density at radius 1 is 0.897 bits per heavy atom. The summed E-state index contributed by atoms with van der Waals surface area (Å²) < 4.78 is 2.05. The van der Waals surface area contributed by atoms with Crippen LogP contribution in [0.15, 0.2) is 93.9 Å². The first kappa shape index (κ1) is 19.9. The fourth-order valence-electron chi connectivity index (χ4n) is 3.48. The molecule has 1 heterocycles. The molecule has 0 spiro atoms. The molecule has 0 aromatic heterocycles. The molecule has 1 aliphatic heterocycles. The fraction of sp³-hybridized carbons (Fsp3) is 0.125. The lowest BCUT2D eigenvalue weighted by Gasteiger charge is -2.33. The summed E-state index contributed by atoms with van der Waals surface area (Å²) in [5, 5.41) is 3.58. The van der Waals surface area contributed by atoms with Crippen LogP contribution in [0.25, 0.3) is 5.70 Å². The van der Waals surface area contributed by atoms with Crippen molar-refractivity contribution in [1.82, 2.24) is 4.90 Å². The van der Waals surface area contributed by atoms with Gasteiger partial charge in [0.2, 0.25) is 0 Å². The van der Waals surface area contributed by atoms with Gasteiger partial charge in [0.1, 0.15) is 0 Å². The summed E-state index contributed by atoms with van der Waals surface area (Å²) in [5.41, 5.74) is 3.72. The van der Waals surface area contributed by atoms with Crippen LogP contribution >= 0.6 is 31.9 Å². The SMILES string of the molecule is O=C(c1ccccc1)N1CCC(Nc2cccc(Br)c2)C=C1c1ccc(Br)cc1. The second-order valence-electron chi connectivity index (χ2n) is 6.93. The van der Waals surface area contributed by atoms with Crippen LogP contribution < -0.4 is 5.32 Å². The number of hydrogen-bond donors (Lipinski definition) is 1. The minimum atomic E-state index is 0.0284. The smallest absolute Gasteiger partial charge is 0.258 e. The Labute approximate surface area is 187 Å². The Bertz CT molecular complexity index is 1030. The first-order valence-corrected chi connectivity index (χ1v) is 11.1. The van der Waals surface area contributed by atoms with E-state index in [2.05, 4.69) is 55.4 Å². The molecular formula is C24H20Br2N2O. The van der Waals surface area contributed by atoms with E-state index < -0.39 is 0 Å². The Hall–Kier alpha value is -2.37. The largest absolute Gasteiger partial charge is 0.379 e. The zero-order chi connectivity index (χ0) is 20.2. The van der Waals surface area contributed by atoms with Gasteiger partial charge in [0.15, 0.2) is 0 Å². The predicted octanol–water partition coefficient (Wildman–Crippen LogP) is 6.58. The fourth-order valence-corrected chi connectivity index (χ4v) is 4.14. The standard InChI is InChI=1S/C24H20Br2N2O/c25-19-11-9-17(10-12-19)23-16-22(27-21-8-4-7-20(26)15-21)13-14-28(23)24(29)18-5-2-1-3-6-18/h1-12,15-16,22,27H,13-14H2. The molecule has 0 fully saturated rings. The van der Waals surface area contributed by atoms with E-state index >= 15 is 0 Å². The summed E-state index contributed by atoms with van der Waals surface area (Å²) >= 11 is 7.02. The molecule has 29 heavy (non-hydrogen) atoms. The highest BCUT2D eigenvalue weighted by Crippen LogP contribution is 2.29. The number of carbonyl (C=O) groups is 1. The Morgan fingerprint density at radius 3 is 2.38 bits per heavy atom. The van der Waals surface area contributed by atoms with Gasteiger partial charge >= 0.3 is 0 Å². The van der Waals surface area contributed by atoms with E-state index in [0.717, 1.165) is 32.3 Å². The van der Waals surface area contributed by atoms with Crippen LogP contribution in [0.3, 0.4) is 0 Å². The maximum absolute atomic E-state index is 13.2.